The van der Waals surface area contributed by atoms with E-state index in [1.54, 1.807) is 0 Å². The fraction of sp³-hybridized carbons (Fsp3) is 0.0645. The highest BCUT2D eigenvalue weighted by Crippen LogP contribution is 2.46. The summed E-state index contributed by atoms with van der Waals surface area (Å²) in [7, 11) is 0. The van der Waals surface area contributed by atoms with E-state index in [-0.39, 0.29) is 0 Å². The van der Waals surface area contributed by atoms with E-state index in [1.807, 2.05) is 24.5 Å². The van der Waals surface area contributed by atoms with E-state index >= 15 is 0 Å². The van der Waals surface area contributed by atoms with E-state index in [9.17, 15) is 0 Å². The summed E-state index contributed by atoms with van der Waals surface area (Å²) >= 11 is 0. The maximum atomic E-state index is 5.11. The lowest BCUT2D eigenvalue weighted by Crippen LogP contribution is -1.96. The zero-order valence-corrected chi connectivity index (χ0v) is 18.8. The van der Waals surface area contributed by atoms with Crippen molar-refractivity contribution in [3.63, 3.8) is 0 Å². The van der Waals surface area contributed by atoms with E-state index in [0.29, 0.717) is 0 Å². The van der Waals surface area contributed by atoms with Crippen LogP contribution in [0, 0.1) is 0 Å². The summed E-state index contributed by atoms with van der Waals surface area (Å²) in [6, 6.07) is 26.3. The van der Waals surface area contributed by atoms with Crippen LogP contribution in [0.15, 0.2) is 85.2 Å². The molecule has 2 aliphatic carbocycles. The van der Waals surface area contributed by atoms with E-state index < -0.39 is 0 Å². The number of benzene rings is 3. The molecule has 0 radical (unpaired) electrons. The largest absolute Gasteiger partial charge is 0.275 e. The monoisotopic (exact) mass is 446 g/mol. The molecule has 9 rings (SSSR count). The van der Waals surface area contributed by atoms with Crippen LogP contribution in [0.25, 0.3) is 60.9 Å². The van der Waals surface area contributed by atoms with Crippen molar-refractivity contribution < 1.29 is 0 Å². The van der Waals surface area contributed by atoms with Gasteiger partial charge in [-0.15, -0.1) is 0 Å². The molecule has 4 aromatic heterocycles. The van der Waals surface area contributed by atoms with Crippen molar-refractivity contribution in [1.82, 2.24) is 19.4 Å². The van der Waals surface area contributed by atoms with E-state index in [2.05, 4.69) is 65.1 Å². The summed E-state index contributed by atoms with van der Waals surface area (Å²) in [6.07, 6.45) is 5.63. The highest BCUT2D eigenvalue weighted by molar-refractivity contribution is 6.11. The van der Waals surface area contributed by atoms with Gasteiger partial charge in [0.1, 0.15) is 11.3 Å². The highest BCUT2D eigenvalue weighted by atomic mass is 15.1. The van der Waals surface area contributed by atoms with Gasteiger partial charge in [-0.25, -0.2) is 9.97 Å². The van der Waals surface area contributed by atoms with Crippen LogP contribution < -0.4 is 0 Å². The SMILES string of the molecule is c1ccc2c(c1)Cc1cc3c(cc1-2)Cc1c-3ccc2nc3c4cccnc4c4cccnc4n3c12. The summed E-state index contributed by atoms with van der Waals surface area (Å²) in [6.45, 7) is 0. The van der Waals surface area contributed by atoms with Crippen molar-refractivity contribution in [1.29, 1.82) is 0 Å². The molecule has 2 aliphatic rings. The molecule has 4 nitrogen and oxygen atoms in total. The Labute approximate surface area is 200 Å². The van der Waals surface area contributed by atoms with Crippen LogP contribution in [0.1, 0.15) is 22.3 Å². The summed E-state index contributed by atoms with van der Waals surface area (Å²) in [5.74, 6) is 0. The van der Waals surface area contributed by atoms with Crippen LogP contribution in [0.3, 0.4) is 0 Å². The van der Waals surface area contributed by atoms with Crippen LogP contribution in [0.2, 0.25) is 0 Å². The van der Waals surface area contributed by atoms with Gasteiger partial charge in [0.05, 0.1) is 16.6 Å². The minimum atomic E-state index is 0.907. The van der Waals surface area contributed by atoms with Gasteiger partial charge in [-0.05, 0) is 93.4 Å². The second-order valence-electron chi connectivity index (χ2n) is 9.68. The Bertz CT molecular complexity index is 2070. The van der Waals surface area contributed by atoms with E-state index in [1.165, 1.54) is 50.0 Å². The molecule has 0 fully saturated rings. The predicted octanol–water partition coefficient (Wildman–Crippen LogP) is 6.73. The average Bonchev–Trinajstić information content (AvgIpc) is 3.58. The Morgan fingerprint density at radius 3 is 2.29 bits per heavy atom. The zero-order chi connectivity index (χ0) is 22.7. The number of hydrogen-bond donors (Lipinski definition) is 0. The van der Waals surface area contributed by atoms with Crippen molar-refractivity contribution in [3.05, 3.63) is 107 Å². The summed E-state index contributed by atoms with van der Waals surface area (Å²) < 4.78 is 2.27. The molecule has 0 aliphatic heterocycles. The first-order chi connectivity index (χ1) is 17.3. The Balaban J connectivity index is 1.38. The van der Waals surface area contributed by atoms with Gasteiger partial charge in [-0.3, -0.25) is 9.38 Å². The Kier molecular flexibility index (Phi) is 3.11. The molecule has 0 amide bonds. The van der Waals surface area contributed by atoms with E-state index in [0.717, 1.165) is 45.9 Å². The normalized spacial score (nSPS) is 13.5. The third kappa shape index (κ3) is 2.15. The molecule has 162 valence electrons. The van der Waals surface area contributed by atoms with Crippen LogP contribution in [0.5, 0.6) is 0 Å². The minimum Gasteiger partial charge on any atom is -0.275 e. The van der Waals surface area contributed by atoms with Crippen LogP contribution in [-0.4, -0.2) is 19.4 Å². The number of imidazole rings is 1. The summed E-state index contributed by atoms with van der Waals surface area (Å²) in [5.41, 5.74) is 16.0. The number of pyridine rings is 3. The highest BCUT2D eigenvalue weighted by Gasteiger charge is 2.28. The van der Waals surface area contributed by atoms with Gasteiger partial charge in [0, 0.05) is 29.6 Å². The Hall–Kier alpha value is -4.57. The standard InChI is InChI=1S/C31H18N4/c1-2-6-20-17(5-1)13-18-14-25-19(15-24(18)20)16-26-21(25)9-10-27-29(26)35-30-22(7-4-12-33-30)28-23(31(35)34-27)8-3-11-32-28/h1-12,14-15H,13,16H2. The lowest BCUT2D eigenvalue weighted by Gasteiger charge is -2.08. The molecule has 4 heterocycles. The zero-order valence-electron chi connectivity index (χ0n) is 18.8. The molecule has 4 heteroatoms. The van der Waals surface area contributed by atoms with Crippen molar-refractivity contribution in [2.24, 2.45) is 0 Å². The van der Waals surface area contributed by atoms with Crippen LogP contribution >= 0.6 is 0 Å². The fourth-order valence-corrected chi connectivity index (χ4v) is 6.43. The molecule has 3 aromatic carbocycles. The average molecular weight is 447 g/mol. The molecule has 35 heavy (non-hydrogen) atoms. The second-order valence-corrected chi connectivity index (χ2v) is 9.68. The molecule has 0 spiro atoms. The first-order valence-electron chi connectivity index (χ1n) is 12.0. The topological polar surface area (TPSA) is 43.1 Å². The van der Waals surface area contributed by atoms with Gasteiger partial charge in [0.2, 0.25) is 0 Å². The lowest BCUT2D eigenvalue weighted by atomic mass is 9.98. The van der Waals surface area contributed by atoms with Gasteiger partial charge in [-0.1, -0.05) is 30.3 Å². The molecule has 0 saturated heterocycles. The quantitative estimate of drug-likeness (QED) is 0.243. The maximum Gasteiger partial charge on any atom is 0.149 e. The number of fused-ring (bicyclic) bond motifs is 15. The van der Waals surface area contributed by atoms with Crippen LogP contribution in [-0.2, 0) is 12.8 Å². The predicted molar refractivity (Wildman–Crippen MR) is 140 cm³/mol. The van der Waals surface area contributed by atoms with E-state index in [4.69, 9.17) is 15.0 Å². The van der Waals surface area contributed by atoms with Gasteiger partial charge in [0.25, 0.3) is 0 Å². The molecule has 0 N–H and O–H groups in total. The summed E-state index contributed by atoms with van der Waals surface area (Å²) in [4.78, 5) is 14.6. The maximum absolute atomic E-state index is 5.11. The van der Waals surface area contributed by atoms with Crippen molar-refractivity contribution in [2.75, 3.05) is 0 Å². The molecule has 0 unspecified atom stereocenters. The first kappa shape index (κ1) is 17.8. The molecule has 0 saturated carbocycles. The third-order valence-corrected chi connectivity index (χ3v) is 7.90. The molecule has 0 bridgehead atoms. The Morgan fingerprint density at radius 2 is 1.37 bits per heavy atom. The molecule has 0 atom stereocenters. The number of rotatable bonds is 0. The number of nitrogens with zero attached hydrogens (tertiary/aromatic N) is 4. The smallest absolute Gasteiger partial charge is 0.149 e. The molecular formula is C31H18N4. The van der Waals surface area contributed by atoms with Crippen molar-refractivity contribution in [3.8, 4) is 22.3 Å². The van der Waals surface area contributed by atoms with Gasteiger partial charge >= 0.3 is 0 Å². The molecular weight excluding hydrogens is 428 g/mol. The number of hydrogen-bond acceptors (Lipinski definition) is 3. The third-order valence-electron chi connectivity index (χ3n) is 7.90. The van der Waals surface area contributed by atoms with Gasteiger partial charge in [0.15, 0.2) is 0 Å². The minimum absolute atomic E-state index is 0.907. The number of aromatic nitrogens is 4. The fourth-order valence-electron chi connectivity index (χ4n) is 6.43. The van der Waals surface area contributed by atoms with Gasteiger partial charge in [-0.2, -0.15) is 0 Å². The second kappa shape index (κ2) is 6.10. The van der Waals surface area contributed by atoms with Crippen LogP contribution in [0.4, 0.5) is 0 Å². The van der Waals surface area contributed by atoms with Gasteiger partial charge < -0.3 is 0 Å². The summed E-state index contributed by atoms with van der Waals surface area (Å²) in [5, 5.41) is 2.11. The van der Waals surface area contributed by atoms with Crippen molar-refractivity contribution >= 4 is 38.6 Å². The first-order valence-corrected chi connectivity index (χ1v) is 12.0. The Morgan fingerprint density at radius 1 is 0.600 bits per heavy atom. The van der Waals surface area contributed by atoms with Crippen molar-refractivity contribution in [2.45, 2.75) is 12.8 Å². The lowest BCUT2D eigenvalue weighted by molar-refractivity contribution is 1.20. The molecule has 7 aromatic rings.